The lowest BCUT2D eigenvalue weighted by atomic mass is 9.92. The van der Waals surface area contributed by atoms with Crippen LogP contribution in [-0.4, -0.2) is 51.8 Å². The van der Waals surface area contributed by atoms with Crippen LogP contribution in [0.2, 0.25) is 0 Å². The molecule has 142 valence electrons. The number of aliphatic imine (C=N–C) groups is 1. The number of hydrogen-bond acceptors (Lipinski definition) is 3. The zero-order valence-corrected chi connectivity index (χ0v) is 18.4. The average molecular weight is 460 g/mol. The molecule has 2 rings (SSSR count). The normalized spacial score (nSPS) is 21.0. The molecule has 1 N–H and O–H groups in total. The van der Waals surface area contributed by atoms with E-state index in [9.17, 15) is 0 Å². The largest absolute Gasteiger partial charge is 0.354 e. The molecule has 0 aromatic carbocycles. The molecule has 2 atom stereocenters. The summed E-state index contributed by atoms with van der Waals surface area (Å²) >= 11 is 0. The molecular weight excluding hydrogens is 427 g/mol. The summed E-state index contributed by atoms with van der Waals surface area (Å²) in [4.78, 5) is 7.17. The Labute approximate surface area is 169 Å². The van der Waals surface area contributed by atoms with E-state index in [1.165, 1.54) is 6.42 Å². The summed E-state index contributed by atoms with van der Waals surface area (Å²) < 4.78 is 2.10. The van der Waals surface area contributed by atoms with Gasteiger partial charge >= 0.3 is 0 Å². The minimum Gasteiger partial charge on any atom is -0.354 e. The molecule has 1 aliphatic heterocycles. The van der Waals surface area contributed by atoms with Gasteiger partial charge in [0.1, 0.15) is 12.2 Å². The number of rotatable bonds is 6. The maximum Gasteiger partial charge on any atom is 0.194 e. The summed E-state index contributed by atoms with van der Waals surface area (Å²) in [6, 6.07) is 0. The molecule has 7 heteroatoms. The summed E-state index contributed by atoms with van der Waals surface area (Å²) in [6.07, 6.45) is 4.00. The number of likely N-dealkylation sites (tertiary alicyclic amines) is 1. The van der Waals surface area contributed by atoms with E-state index in [-0.39, 0.29) is 24.0 Å². The van der Waals surface area contributed by atoms with Crippen LogP contribution >= 0.6 is 24.0 Å². The van der Waals surface area contributed by atoms with Crippen LogP contribution in [0.4, 0.5) is 0 Å². The number of aromatic nitrogens is 3. The highest BCUT2D eigenvalue weighted by molar-refractivity contribution is 14.0. The van der Waals surface area contributed by atoms with Crippen LogP contribution in [0, 0.1) is 11.8 Å². The van der Waals surface area contributed by atoms with Crippen molar-refractivity contribution in [3.8, 4) is 0 Å². The Morgan fingerprint density at radius 3 is 2.64 bits per heavy atom. The Balaban J connectivity index is 0.00000312. The van der Waals surface area contributed by atoms with Crippen molar-refractivity contribution in [1.82, 2.24) is 25.0 Å². The van der Waals surface area contributed by atoms with E-state index in [1.54, 1.807) is 6.33 Å². The minimum absolute atomic E-state index is 0. The highest BCUT2D eigenvalue weighted by atomic mass is 127. The summed E-state index contributed by atoms with van der Waals surface area (Å²) in [7, 11) is 0. The number of halogens is 1. The SMILES string of the molecule is C=C(C)CN=C(NCCn1cnnc1CC)N1CC(C)CC(C)C1.I. The van der Waals surface area contributed by atoms with Gasteiger partial charge in [0, 0.05) is 32.6 Å². The van der Waals surface area contributed by atoms with E-state index in [4.69, 9.17) is 4.99 Å². The predicted octanol–water partition coefficient (Wildman–Crippen LogP) is 2.96. The standard InChI is InChI=1S/C18H32N6.HI/c1-6-17-22-21-13-23(17)8-7-19-18(20-10-14(2)3)24-11-15(4)9-16(5)12-24;/h13,15-16H,2,6-12H2,1,3-5H3,(H,19,20);1H. The summed E-state index contributed by atoms with van der Waals surface area (Å²) in [5.74, 6) is 3.44. The highest BCUT2D eigenvalue weighted by Gasteiger charge is 2.24. The highest BCUT2D eigenvalue weighted by Crippen LogP contribution is 2.20. The Morgan fingerprint density at radius 1 is 1.36 bits per heavy atom. The lowest BCUT2D eigenvalue weighted by molar-refractivity contribution is 0.208. The van der Waals surface area contributed by atoms with Crippen LogP contribution in [0.5, 0.6) is 0 Å². The second-order valence-corrected chi connectivity index (χ2v) is 7.17. The first kappa shape index (κ1) is 21.9. The van der Waals surface area contributed by atoms with Gasteiger partial charge in [0.25, 0.3) is 0 Å². The van der Waals surface area contributed by atoms with Gasteiger partial charge in [-0.05, 0) is 25.2 Å². The molecule has 1 aromatic heterocycles. The molecule has 0 amide bonds. The molecule has 2 unspecified atom stereocenters. The van der Waals surface area contributed by atoms with E-state index in [2.05, 4.69) is 52.3 Å². The van der Waals surface area contributed by atoms with Gasteiger partial charge in [-0.2, -0.15) is 0 Å². The third kappa shape index (κ3) is 6.95. The topological polar surface area (TPSA) is 58.3 Å². The van der Waals surface area contributed by atoms with Crippen molar-refractivity contribution in [3.63, 3.8) is 0 Å². The fourth-order valence-electron chi connectivity index (χ4n) is 3.34. The van der Waals surface area contributed by atoms with Crippen LogP contribution < -0.4 is 5.32 Å². The molecule has 1 fully saturated rings. The van der Waals surface area contributed by atoms with Crippen molar-refractivity contribution in [2.24, 2.45) is 16.8 Å². The molecule has 0 aliphatic carbocycles. The van der Waals surface area contributed by atoms with Gasteiger partial charge in [0.15, 0.2) is 5.96 Å². The van der Waals surface area contributed by atoms with E-state index in [1.807, 2.05) is 6.92 Å². The Morgan fingerprint density at radius 2 is 2.04 bits per heavy atom. The summed E-state index contributed by atoms with van der Waals surface area (Å²) in [5, 5.41) is 11.7. The maximum absolute atomic E-state index is 4.77. The van der Waals surface area contributed by atoms with Crippen LogP contribution in [0.15, 0.2) is 23.5 Å². The Bertz CT molecular complexity index is 558. The van der Waals surface area contributed by atoms with E-state index < -0.39 is 0 Å². The fourth-order valence-corrected chi connectivity index (χ4v) is 3.34. The number of nitrogens with one attached hydrogen (secondary N) is 1. The predicted molar refractivity (Wildman–Crippen MR) is 114 cm³/mol. The number of guanidine groups is 1. The van der Waals surface area contributed by atoms with Gasteiger partial charge in [0.05, 0.1) is 6.54 Å². The van der Waals surface area contributed by atoms with E-state index in [0.717, 1.165) is 50.0 Å². The third-order valence-electron chi connectivity index (χ3n) is 4.31. The maximum atomic E-state index is 4.77. The summed E-state index contributed by atoms with van der Waals surface area (Å²) in [6.45, 7) is 17.2. The molecular formula is C18H33IN6. The zero-order valence-electron chi connectivity index (χ0n) is 16.0. The van der Waals surface area contributed by atoms with Gasteiger partial charge in [-0.15, -0.1) is 34.2 Å². The number of nitrogens with zero attached hydrogens (tertiary/aromatic N) is 5. The quantitative estimate of drug-likeness (QED) is 0.307. The molecule has 1 saturated heterocycles. The first-order chi connectivity index (χ1) is 11.5. The monoisotopic (exact) mass is 460 g/mol. The molecule has 6 nitrogen and oxygen atoms in total. The van der Waals surface area contributed by atoms with E-state index in [0.29, 0.717) is 18.4 Å². The van der Waals surface area contributed by atoms with E-state index >= 15 is 0 Å². The van der Waals surface area contributed by atoms with Crippen LogP contribution in [0.25, 0.3) is 0 Å². The Hall–Kier alpha value is -1.12. The fraction of sp³-hybridized carbons (Fsp3) is 0.722. The van der Waals surface area contributed by atoms with Crippen LogP contribution in [-0.2, 0) is 13.0 Å². The van der Waals surface area contributed by atoms with Gasteiger partial charge < -0.3 is 14.8 Å². The lowest BCUT2D eigenvalue weighted by Crippen LogP contribution is -2.49. The van der Waals surface area contributed by atoms with Crippen molar-refractivity contribution in [2.75, 3.05) is 26.2 Å². The third-order valence-corrected chi connectivity index (χ3v) is 4.31. The number of aryl methyl sites for hydroxylation is 1. The van der Waals surface area contributed by atoms with Crippen molar-refractivity contribution in [1.29, 1.82) is 0 Å². The summed E-state index contributed by atoms with van der Waals surface area (Å²) in [5.41, 5.74) is 1.08. The zero-order chi connectivity index (χ0) is 17.5. The smallest absolute Gasteiger partial charge is 0.194 e. The van der Waals surface area contributed by atoms with Crippen molar-refractivity contribution in [3.05, 3.63) is 24.3 Å². The molecule has 0 radical (unpaired) electrons. The van der Waals surface area contributed by atoms with Crippen molar-refractivity contribution >= 4 is 29.9 Å². The molecule has 0 spiro atoms. The average Bonchev–Trinajstić information content (AvgIpc) is 2.96. The first-order valence-corrected chi connectivity index (χ1v) is 9.03. The van der Waals surface area contributed by atoms with Gasteiger partial charge in [-0.1, -0.05) is 32.9 Å². The molecule has 0 saturated carbocycles. The van der Waals surface area contributed by atoms with Crippen molar-refractivity contribution < 1.29 is 0 Å². The van der Waals surface area contributed by atoms with Gasteiger partial charge in [-0.3, -0.25) is 0 Å². The van der Waals surface area contributed by atoms with Crippen LogP contribution in [0.3, 0.4) is 0 Å². The molecule has 1 aliphatic rings. The Kier molecular flexibility index (Phi) is 9.45. The van der Waals surface area contributed by atoms with Crippen molar-refractivity contribution in [2.45, 2.75) is 47.1 Å². The second kappa shape index (κ2) is 10.8. The number of hydrogen-bond donors (Lipinski definition) is 1. The van der Waals surface area contributed by atoms with Gasteiger partial charge in [0.2, 0.25) is 0 Å². The molecule has 1 aromatic rings. The second-order valence-electron chi connectivity index (χ2n) is 7.17. The lowest BCUT2D eigenvalue weighted by Gasteiger charge is -2.37. The van der Waals surface area contributed by atoms with Gasteiger partial charge in [-0.25, -0.2) is 4.99 Å². The first-order valence-electron chi connectivity index (χ1n) is 9.03. The minimum atomic E-state index is 0. The molecule has 0 bridgehead atoms. The molecule has 2 heterocycles. The number of piperidine rings is 1. The molecule has 25 heavy (non-hydrogen) atoms. The van der Waals surface area contributed by atoms with Crippen LogP contribution in [0.1, 0.15) is 39.9 Å².